The topological polar surface area (TPSA) is 43.9 Å². The van der Waals surface area contributed by atoms with Gasteiger partial charge in [0, 0.05) is 54.6 Å². The number of hydrogen-bond donors (Lipinski definition) is 0. The van der Waals surface area contributed by atoms with E-state index in [0.717, 1.165) is 56.8 Å². The lowest BCUT2D eigenvalue weighted by molar-refractivity contribution is -0.146. The average molecular weight is 530 g/mol. The second kappa shape index (κ2) is 10.9. The molecule has 0 bridgehead atoms. The van der Waals surface area contributed by atoms with E-state index in [4.69, 9.17) is 11.6 Å². The fourth-order valence-electron chi connectivity index (χ4n) is 6.64. The Hall–Kier alpha value is -1.59. The smallest absolute Gasteiger partial charge is 0.228 e. The van der Waals surface area contributed by atoms with Gasteiger partial charge in [-0.05, 0) is 69.1 Å². The highest BCUT2D eigenvalue weighted by molar-refractivity contribution is 6.30. The maximum Gasteiger partial charge on any atom is 0.228 e. The van der Waals surface area contributed by atoms with Crippen LogP contribution in [0.25, 0.3) is 0 Å². The molecule has 0 N–H and O–H groups in total. The molecule has 1 aromatic carbocycles. The van der Waals surface area contributed by atoms with Crippen LogP contribution < -0.4 is 0 Å². The van der Waals surface area contributed by atoms with Crippen LogP contribution in [0.5, 0.6) is 0 Å². The molecule has 6 heteroatoms. The van der Waals surface area contributed by atoms with Crippen LogP contribution in [0.15, 0.2) is 24.3 Å². The van der Waals surface area contributed by atoms with Crippen LogP contribution in [0.3, 0.4) is 0 Å². The number of rotatable bonds is 5. The molecule has 3 atom stereocenters. The van der Waals surface area contributed by atoms with Crippen molar-refractivity contribution >= 4 is 23.4 Å². The van der Waals surface area contributed by atoms with Gasteiger partial charge in [0.05, 0.1) is 12.0 Å². The maximum atomic E-state index is 14.0. The highest BCUT2D eigenvalue weighted by atomic mass is 35.5. The molecule has 1 aliphatic carbocycles. The van der Waals surface area contributed by atoms with E-state index in [9.17, 15) is 9.59 Å². The molecule has 2 amide bonds. The summed E-state index contributed by atoms with van der Waals surface area (Å²) >= 11 is 6.17. The summed E-state index contributed by atoms with van der Waals surface area (Å²) in [4.78, 5) is 34.5. The van der Waals surface area contributed by atoms with Gasteiger partial charge >= 0.3 is 0 Å². The average Bonchev–Trinajstić information content (AvgIpc) is 3.48. The van der Waals surface area contributed by atoms with Gasteiger partial charge < -0.3 is 9.80 Å². The fraction of sp³-hybridized carbons (Fsp3) is 0.742. The largest absolute Gasteiger partial charge is 0.340 e. The maximum absolute atomic E-state index is 14.0. The Kier molecular flexibility index (Phi) is 8.36. The minimum atomic E-state index is -0.423. The first-order chi connectivity index (χ1) is 17.3. The van der Waals surface area contributed by atoms with Crippen LogP contribution in [-0.2, 0) is 9.59 Å². The first-order valence-corrected chi connectivity index (χ1v) is 14.8. The van der Waals surface area contributed by atoms with Gasteiger partial charge in [0.15, 0.2) is 0 Å². The van der Waals surface area contributed by atoms with Crippen molar-refractivity contribution in [1.82, 2.24) is 14.7 Å². The summed E-state index contributed by atoms with van der Waals surface area (Å²) in [6, 6.07) is 8.82. The Bertz CT molecular complexity index is 958. The molecule has 206 valence electrons. The fourth-order valence-corrected chi connectivity index (χ4v) is 6.76. The second-order valence-electron chi connectivity index (χ2n) is 13.9. The lowest BCUT2D eigenvalue weighted by atomic mass is 9.74. The van der Waals surface area contributed by atoms with Crippen molar-refractivity contribution in [1.29, 1.82) is 0 Å². The molecule has 4 rings (SSSR count). The van der Waals surface area contributed by atoms with Crippen molar-refractivity contribution in [3.63, 3.8) is 0 Å². The van der Waals surface area contributed by atoms with Gasteiger partial charge in [-0.15, -0.1) is 0 Å². The molecule has 5 nitrogen and oxygen atoms in total. The number of benzene rings is 1. The molecule has 2 aliphatic heterocycles. The van der Waals surface area contributed by atoms with Gasteiger partial charge in [-0.2, -0.15) is 0 Å². The lowest BCUT2D eigenvalue weighted by Crippen LogP contribution is -2.54. The lowest BCUT2D eigenvalue weighted by Gasteiger charge is -2.45. The standard InChI is InChI=1S/C31H48ClN3O2/c1-21(2)34-19-26(22-8-10-23(32)11-9-22)27(20-34)28(36)33-17-14-25(18-33)35(29(37)30(3,4)5)24-12-15-31(6,7)16-13-24/h8-11,21,24-27H,12-20H2,1-7H3/t25-,26-,27+/m0/s1. The minimum Gasteiger partial charge on any atom is -0.340 e. The molecule has 0 spiro atoms. The van der Waals surface area contributed by atoms with E-state index >= 15 is 0 Å². The number of carbonyl (C=O) groups is 2. The van der Waals surface area contributed by atoms with Gasteiger partial charge in [0.1, 0.15) is 0 Å². The summed E-state index contributed by atoms with van der Waals surface area (Å²) in [7, 11) is 0. The van der Waals surface area contributed by atoms with Crippen molar-refractivity contribution in [2.75, 3.05) is 26.2 Å². The zero-order valence-corrected chi connectivity index (χ0v) is 24.9. The minimum absolute atomic E-state index is 0.0652. The molecule has 37 heavy (non-hydrogen) atoms. The SMILES string of the molecule is CC(C)N1C[C@@H](C(=O)N2CC[C@H](N(C(=O)C(C)(C)C)C3CCC(C)(C)CC3)C2)[C@H](c2ccc(Cl)cc2)C1. The van der Waals surface area contributed by atoms with Gasteiger partial charge in [-0.25, -0.2) is 0 Å². The van der Waals surface area contributed by atoms with E-state index < -0.39 is 5.41 Å². The third-order valence-corrected chi connectivity index (χ3v) is 9.39. The molecule has 3 fully saturated rings. The van der Waals surface area contributed by atoms with Crippen molar-refractivity contribution < 1.29 is 9.59 Å². The van der Waals surface area contributed by atoms with E-state index in [1.54, 1.807) is 0 Å². The van der Waals surface area contributed by atoms with E-state index in [2.05, 4.69) is 54.5 Å². The number of hydrogen-bond acceptors (Lipinski definition) is 3. The highest BCUT2D eigenvalue weighted by Crippen LogP contribution is 2.40. The summed E-state index contributed by atoms with van der Waals surface area (Å²) in [6.45, 7) is 18.3. The number of nitrogens with zero attached hydrogens (tertiary/aromatic N) is 3. The predicted molar refractivity (Wildman–Crippen MR) is 152 cm³/mol. The van der Waals surface area contributed by atoms with Crippen molar-refractivity contribution in [3.8, 4) is 0 Å². The number of likely N-dealkylation sites (tertiary alicyclic amines) is 2. The molecule has 0 radical (unpaired) electrons. The van der Waals surface area contributed by atoms with E-state index in [1.807, 2.05) is 32.9 Å². The molecule has 3 aliphatic rings. The summed E-state index contributed by atoms with van der Waals surface area (Å²) in [6.07, 6.45) is 5.29. The molecule has 1 saturated carbocycles. The van der Waals surface area contributed by atoms with E-state index in [0.29, 0.717) is 18.0 Å². The molecule has 2 saturated heterocycles. The van der Waals surface area contributed by atoms with Crippen molar-refractivity contribution in [2.45, 2.75) is 105 Å². The van der Waals surface area contributed by atoms with Crippen molar-refractivity contribution in [3.05, 3.63) is 34.9 Å². The summed E-state index contributed by atoms with van der Waals surface area (Å²) < 4.78 is 0. The van der Waals surface area contributed by atoms with Gasteiger partial charge in [-0.3, -0.25) is 14.5 Å². The Morgan fingerprint density at radius 2 is 1.59 bits per heavy atom. The predicted octanol–water partition coefficient (Wildman–Crippen LogP) is 6.21. The Labute approximate surface area is 229 Å². The van der Waals surface area contributed by atoms with Crippen LogP contribution in [0.1, 0.15) is 92.1 Å². The normalized spacial score (nSPS) is 27.2. The number of amides is 2. The van der Waals surface area contributed by atoms with Crippen molar-refractivity contribution in [2.24, 2.45) is 16.7 Å². The van der Waals surface area contributed by atoms with Crippen LogP contribution in [0.4, 0.5) is 0 Å². The monoisotopic (exact) mass is 529 g/mol. The second-order valence-corrected chi connectivity index (χ2v) is 14.3. The Morgan fingerprint density at radius 3 is 2.16 bits per heavy atom. The molecule has 0 aromatic heterocycles. The third-order valence-electron chi connectivity index (χ3n) is 9.14. The van der Waals surface area contributed by atoms with Gasteiger partial charge in [-0.1, -0.05) is 58.4 Å². The van der Waals surface area contributed by atoms with E-state index in [-0.39, 0.29) is 35.7 Å². The highest BCUT2D eigenvalue weighted by Gasteiger charge is 2.46. The van der Waals surface area contributed by atoms with Crippen LogP contribution in [0, 0.1) is 16.7 Å². The molecular formula is C31H48ClN3O2. The van der Waals surface area contributed by atoms with Gasteiger partial charge in [0.2, 0.25) is 11.8 Å². The zero-order valence-electron chi connectivity index (χ0n) is 24.1. The Balaban J connectivity index is 1.52. The van der Waals surface area contributed by atoms with Crippen LogP contribution in [-0.4, -0.2) is 70.8 Å². The molecule has 1 aromatic rings. The summed E-state index contributed by atoms with van der Waals surface area (Å²) in [5.41, 5.74) is 1.12. The van der Waals surface area contributed by atoms with Crippen LogP contribution >= 0.6 is 11.6 Å². The van der Waals surface area contributed by atoms with Gasteiger partial charge in [0.25, 0.3) is 0 Å². The molecule has 0 unspecified atom stereocenters. The quantitative estimate of drug-likeness (QED) is 0.455. The molecule has 2 heterocycles. The summed E-state index contributed by atoms with van der Waals surface area (Å²) in [5, 5.41) is 0.724. The van der Waals surface area contributed by atoms with E-state index in [1.165, 1.54) is 5.56 Å². The summed E-state index contributed by atoms with van der Waals surface area (Å²) in [5.74, 6) is 0.588. The number of carbonyl (C=O) groups excluding carboxylic acids is 2. The number of halogens is 1. The molecular weight excluding hydrogens is 482 g/mol. The third kappa shape index (κ3) is 6.36. The Morgan fingerprint density at radius 1 is 0.973 bits per heavy atom. The van der Waals surface area contributed by atoms with Crippen LogP contribution in [0.2, 0.25) is 5.02 Å². The first-order valence-electron chi connectivity index (χ1n) is 14.4. The first kappa shape index (κ1) is 28.4. The zero-order chi connectivity index (χ0) is 27.1.